The van der Waals surface area contributed by atoms with Crippen LogP contribution in [0.5, 0.6) is 11.6 Å². The van der Waals surface area contributed by atoms with Gasteiger partial charge in [0.2, 0.25) is 11.8 Å². The molecule has 3 aromatic heterocycles. The zero-order valence-corrected chi connectivity index (χ0v) is 24.7. The summed E-state index contributed by atoms with van der Waals surface area (Å²) in [6.45, 7) is 0.259. The van der Waals surface area contributed by atoms with Gasteiger partial charge >= 0.3 is 7.82 Å². The molecule has 0 aliphatic carbocycles. The highest BCUT2D eigenvalue weighted by Gasteiger charge is 2.14. The van der Waals surface area contributed by atoms with E-state index in [1.165, 1.54) is 0 Å². The molecule has 0 atom stereocenters. The Kier molecular flexibility index (Phi) is 8.99. The molecule has 0 spiro atoms. The van der Waals surface area contributed by atoms with E-state index in [0.717, 1.165) is 27.7 Å². The Morgan fingerprint density at radius 1 is 0.778 bits per heavy atom. The van der Waals surface area contributed by atoms with Gasteiger partial charge in [-0.1, -0.05) is 54.6 Å². The van der Waals surface area contributed by atoms with Crippen LogP contribution in [0.3, 0.4) is 0 Å². The first kappa shape index (κ1) is 29.8. The molecule has 0 amide bonds. The summed E-state index contributed by atoms with van der Waals surface area (Å²) in [5.74, 6) is 1.94. The minimum atomic E-state index is -4.49. The van der Waals surface area contributed by atoms with Gasteiger partial charge in [-0.25, -0.2) is 19.5 Å². The fourth-order valence-corrected chi connectivity index (χ4v) is 4.94. The van der Waals surface area contributed by atoms with Gasteiger partial charge in [-0.2, -0.15) is 0 Å². The molecule has 0 unspecified atom stereocenters. The van der Waals surface area contributed by atoms with Crippen LogP contribution in [0, 0.1) is 0 Å². The third-order valence-electron chi connectivity index (χ3n) is 6.63. The Morgan fingerprint density at radius 2 is 1.56 bits per heavy atom. The van der Waals surface area contributed by atoms with E-state index >= 15 is 0 Å². The number of pyridine rings is 1. The molecule has 13 heteroatoms. The molecule has 3 heterocycles. The molecule has 6 rings (SSSR count). The van der Waals surface area contributed by atoms with Gasteiger partial charge in [0.15, 0.2) is 5.82 Å². The van der Waals surface area contributed by atoms with E-state index in [-0.39, 0.29) is 6.61 Å². The molecule has 0 fully saturated rings. The van der Waals surface area contributed by atoms with E-state index in [1.54, 1.807) is 24.5 Å². The lowest BCUT2D eigenvalue weighted by Crippen LogP contribution is -2.08. The number of hydrogen-bond acceptors (Lipinski definition) is 10. The Hall–Kier alpha value is -5.26. The van der Waals surface area contributed by atoms with Crippen LogP contribution < -0.4 is 15.4 Å². The molecule has 6 aromatic rings. The molecular weight excluding hydrogens is 593 g/mol. The summed E-state index contributed by atoms with van der Waals surface area (Å²) in [6.07, 6.45) is 3.60. The minimum absolute atomic E-state index is 0.101. The fraction of sp³-hybridized carbons (Fsp3) is 0.0938. The quantitative estimate of drug-likeness (QED) is 0.0856. The average molecular weight is 622 g/mol. The largest absolute Gasteiger partial charge is 0.469 e. The van der Waals surface area contributed by atoms with Gasteiger partial charge in [-0.3, -0.25) is 4.52 Å². The second kappa shape index (κ2) is 13.6. The lowest BCUT2D eigenvalue weighted by Gasteiger charge is -2.13. The van der Waals surface area contributed by atoms with Crippen molar-refractivity contribution < 1.29 is 23.6 Å². The molecule has 45 heavy (non-hydrogen) atoms. The number of phosphoric acid groups is 1. The number of anilines is 3. The summed E-state index contributed by atoms with van der Waals surface area (Å²) in [7, 11) is -4.49. The highest BCUT2D eigenvalue weighted by Crippen LogP contribution is 2.36. The number of ether oxygens (including phenoxy) is 1. The maximum Gasteiger partial charge on any atom is 0.469 e. The Bertz CT molecular complexity index is 1960. The number of rotatable bonds is 12. The van der Waals surface area contributed by atoms with Crippen LogP contribution in [0.4, 0.5) is 17.5 Å². The van der Waals surface area contributed by atoms with Gasteiger partial charge in [0.1, 0.15) is 11.4 Å². The smallest absolute Gasteiger partial charge is 0.438 e. The summed E-state index contributed by atoms with van der Waals surface area (Å²) in [5, 5.41) is 17.4. The lowest BCUT2D eigenvalue weighted by molar-refractivity contribution is 0.196. The van der Waals surface area contributed by atoms with Crippen LogP contribution in [0.2, 0.25) is 0 Å². The lowest BCUT2D eigenvalue weighted by atomic mass is 10.0. The van der Waals surface area contributed by atoms with Crippen molar-refractivity contribution in [3.8, 4) is 34.1 Å². The van der Waals surface area contributed by atoms with Gasteiger partial charge in [-0.05, 0) is 48.9 Å². The maximum absolute atomic E-state index is 10.8. The first-order chi connectivity index (χ1) is 21.9. The topological polar surface area (TPSA) is 164 Å². The van der Waals surface area contributed by atoms with E-state index in [4.69, 9.17) is 14.5 Å². The third kappa shape index (κ3) is 7.64. The molecule has 12 nitrogen and oxygen atoms in total. The summed E-state index contributed by atoms with van der Waals surface area (Å²) in [6, 6.07) is 30.9. The summed E-state index contributed by atoms with van der Waals surface area (Å²) < 4.78 is 21.4. The van der Waals surface area contributed by atoms with Crippen LogP contribution in [-0.4, -0.2) is 48.1 Å². The number of phosphoric ester groups is 1. The van der Waals surface area contributed by atoms with Crippen LogP contribution in [0.25, 0.3) is 33.3 Å². The number of nitrogens with one attached hydrogen (secondary N) is 2. The van der Waals surface area contributed by atoms with Crippen LogP contribution in [0.15, 0.2) is 109 Å². The van der Waals surface area contributed by atoms with Crippen molar-refractivity contribution in [2.24, 2.45) is 0 Å². The molecule has 0 aliphatic rings. The molecule has 3 aromatic carbocycles. The molecule has 0 saturated heterocycles. The van der Waals surface area contributed by atoms with E-state index in [9.17, 15) is 4.57 Å². The monoisotopic (exact) mass is 621 g/mol. The second-order valence-corrected chi connectivity index (χ2v) is 11.0. The van der Waals surface area contributed by atoms with Crippen molar-refractivity contribution in [3.05, 3.63) is 109 Å². The Morgan fingerprint density at radius 3 is 2.36 bits per heavy atom. The summed E-state index contributed by atoms with van der Waals surface area (Å²) >= 11 is 0. The number of fused-ring (bicyclic) bond motifs is 1. The van der Waals surface area contributed by atoms with E-state index < -0.39 is 7.82 Å². The number of benzene rings is 3. The van der Waals surface area contributed by atoms with Crippen LogP contribution in [-0.2, 0) is 9.09 Å². The van der Waals surface area contributed by atoms with Crippen molar-refractivity contribution >= 4 is 36.0 Å². The van der Waals surface area contributed by atoms with Crippen molar-refractivity contribution in [3.63, 3.8) is 0 Å². The van der Waals surface area contributed by atoms with Gasteiger partial charge < -0.3 is 25.2 Å². The zero-order valence-electron chi connectivity index (χ0n) is 23.8. The van der Waals surface area contributed by atoms with Crippen molar-refractivity contribution in [1.29, 1.82) is 0 Å². The predicted molar refractivity (Wildman–Crippen MR) is 171 cm³/mol. The Balaban J connectivity index is 1.15. The molecular formula is C32H28N7O5P. The first-order valence-electron chi connectivity index (χ1n) is 14.0. The normalized spacial score (nSPS) is 11.3. The standard InChI is InChI=1S/C32H28N7O5P/c40-45(41,42)43-21-7-19-34-32-35-20-17-28(37-32)27-12-6-18-33-31(27)44-24-15-13-23(14-16-24)36-30-26-11-5-4-10-25(26)29(38-39-30)22-8-2-1-3-9-22/h1-6,8-18,20H,7,19,21H2,(H,36,39)(H,34,35,37)(H2,40,41,42). The fourth-order valence-electron chi connectivity index (χ4n) is 4.58. The van der Waals surface area contributed by atoms with Crippen molar-refractivity contribution in [1.82, 2.24) is 25.1 Å². The highest BCUT2D eigenvalue weighted by atomic mass is 31.2. The van der Waals surface area contributed by atoms with Crippen LogP contribution >= 0.6 is 7.82 Å². The summed E-state index contributed by atoms with van der Waals surface area (Å²) in [4.78, 5) is 30.8. The van der Waals surface area contributed by atoms with Gasteiger partial charge in [0.05, 0.1) is 17.9 Å². The summed E-state index contributed by atoms with van der Waals surface area (Å²) in [5.41, 5.74) is 3.89. The third-order valence-corrected chi connectivity index (χ3v) is 7.15. The predicted octanol–water partition coefficient (Wildman–Crippen LogP) is 6.60. The Labute approximate surface area is 258 Å². The van der Waals surface area contributed by atoms with Crippen molar-refractivity contribution in [2.45, 2.75) is 6.42 Å². The SMILES string of the molecule is O=P(O)(O)OCCCNc1nccc(-c2cccnc2Oc2ccc(Nc3nnc(-c4ccccc4)c4ccccc34)cc2)n1. The van der Waals surface area contributed by atoms with Crippen LogP contribution in [0.1, 0.15) is 6.42 Å². The van der Waals surface area contributed by atoms with Gasteiger partial charge in [0, 0.05) is 41.0 Å². The van der Waals surface area contributed by atoms with E-state index in [1.807, 2.05) is 84.9 Å². The second-order valence-electron chi connectivity index (χ2n) is 9.79. The average Bonchev–Trinajstić information content (AvgIpc) is 3.06. The minimum Gasteiger partial charge on any atom is -0.438 e. The molecule has 226 valence electrons. The molecule has 4 N–H and O–H groups in total. The highest BCUT2D eigenvalue weighted by molar-refractivity contribution is 7.46. The zero-order chi connectivity index (χ0) is 31.1. The number of nitrogens with zero attached hydrogens (tertiary/aromatic N) is 5. The first-order valence-corrected chi connectivity index (χ1v) is 15.5. The molecule has 0 radical (unpaired) electrons. The van der Waals surface area contributed by atoms with Gasteiger partial charge in [-0.15, -0.1) is 10.2 Å². The van der Waals surface area contributed by atoms with E-state index in [2.05, 4.69) is 40.3 Å². The molecule has 0 aliphatic heterocycles. The maximum atomic E-state index is 10.8. The van der Waals surface area contributed by atoms with Gasteiger partial charge in [0.25, 0.3) is 0 Å². The van der Waals surface area contributed by atoms with E-state index in [0.29, 0.717) is 47.6 Å². The number of aromatic nitrogens is 5. The molecule has 0 saturated carbocycles. The van der Waals surface area contributed by atoms with Crippen molar-refractivity contribution in [2.75, 3.05) is 23.8 Å². The number of hydrogen-bond donors (Lipinski definition) is 4. The molecule has 0 bridgehead atoms.